The van der Waals surface area contributed by atoms with Gasteiger partial charge in [-0.15, -0.1) is 12.4 Å². The van der Waals surface area contributed by atoms with Gasteiger partial charge in [-0.25, -0.2) is 4.98 Å². The second-order valence-corrected chi connectivity index (χ2v) is 7.46. The van der Waals surface area contributed by atoms with Gasteiger partial charge in [0.05, 0.1) is 24.3 Å². The van der Waals surface area contributed by atoms with E-state index in [2.05, 4.69) is 15.6 Å². The number of benzene rings is 1. The van der Waals surface area contributed by atoms with E-state index < -0.39 is 6.10 Å². The molecule has 1 saturated carbocycles. The maximum atomic E-state index is 12.5. The smallest absolute Gasteiger partial charge is 0.226 e. The quantitative estimate of drug-likeness (QED) is 0.742. The lowest BCUT2D eigenvalue weighted by Gasteiger charge is -2.35. The molecule has 1 aromatic heterocycles. The molecule has 4 atom stereocenters. The van der Waals surface area contributed by atoms with Crippen molar-refractivity contribution in [2.45, 2.75) is 38.3 Å². The Kier molecular flexibility index (Phi) is 6.19. The van der Waals surface area contributed by atoms with Crippen molar-refractivity contribution in [3.05, 3.63) is 41.8 Å². The highest BCUT2D eigenvalue weighted by Crippen LogP contribution is 2.33. The molecule has 1 saturated heterocycles. The molecular weight excluding hydrogens is 366 g/mol. The van der Waals surface area contributed by atoms with Crippen LogP contribution in [-0.4, -0.2) is 41.2 Å². The van der Waals surface area contributed by atoms with Gasteiger partial charge in [-0.2, -0.15) is 0 Å². The number of carbonyl (C=O) groups excluding carboxylic acids is 1. The fourth-order valence-corrected chi connectivity index (χ4v) is 4.16. The second-order valence-electron chi connectivity index (χ2n) is 7.46. The zero-order valence-electron chi connectivity index (χ0n) is 15.4. The molecule has 1 aliphatic carbocycles. The third-order valence-corrected chi connectivity index (χ3v) is 5.63. The van der Waals surface area contributed by atoms with Crippen LogP contribution >= 0.6 is 12.4 Å². The van der Waals surface area contributed by atoms with Crippen LogP contribution in [-0.2, 0) is 11.2 Å². The maximum absolute atomic E-state index is 12.5. The highest BCUT2D eigenvalue weighted by molar-refractivity contribution is 5.85. The first-order chi connectivity index (χ1) is 12.6. The molecule has 2 fully saturated rings. The summed E-state index contributed by atoms with van der Waals surface area (Å²) in [5, 5.41) is 16.7. The largest absolute Gasteiger partial charge is 0.441 e. The average Bonchev–Trinajstić information content (AvgIpc) is 3.22. The highest BCUT2D eigenvalue weighted by atomic mass is 35.5. The number of aromatic nitrogens is 1. The van der Waals surface area contributed by atoms with Crippen LogP contribution in [0.25, 0.3) is 11.5 Å². The Morgan fingerprint density at radius 3 is 2.70 bits per heavy atom. The molecule has 4 rings (SSSR count). The molecule has 1 amide bonds. The second kappa shape index (κ2) is 8.42. The van der Waals surface area contributed by atoms with Gasteiger partial charge in [-0.1, -0.05) is 18.2 Å². The van der Waals surface area contributed by atoms with Crippen molar-refractivity contribution in [3.8, 4) is 11.5 Å². The first kappa shape index (κ1) is 19.9. The number of aryl methyl sites for hydroxylation is 1. The molecule has 2 heterocycles. The topological polar surface area (TPSA) is 87.4 Å². The number of amides is 1. The monoisotopic (exact) mass is 391 g/mol. The van der Waals surface area contributed by atoms with Crippen LogP contribution < -0.4 is 10.6 Å². The predicted molar refractivity (Wildman–Crippen MR) is 105 cm³/mol. The lowest BCUT2D eigenvalue weighted by molar-refractivity contribution is -0.122. The van der Waals surface area contributed by atoms with Gasteiger partial charge in [0.1, 0.15) is 5.76 Å². The molecule has 146 valence electrons. The van der Waals surface area contributed by atoms with Crippen molar-refractivity contribution in [2.24, 2.45) is 11.8 Å². The van der Waals surface area contributed by atoms with Gasteiger partial charge in [-0.3, -0.25) is 4.79 Å². The maximum Gasteiger partial charge on any atom is 0.226 e. The molecule has 7 heteroatoms. The Balaban J connectivity index is 0.00000210. The lowest BCUT2D eigenvalue weighted by Crippen LogP contribution is -2.49. The highest BCUT2D eigenvalue weighted by Gasteiger charge is 2.39. The molecule has 0 radical (unpaired) electrons. The molecule has 0 spiro atoms. The Bertz CT molecular complexity index is 780. The molecule has 1 aromatic carbocycles. The van der Waals surface area contributed by atoms with Gasteiger partial charge in [0.25, 0.3) is 0 Å². The van der Waals surface area contributed by atoms with Crippen LogP contribution in [0, 0.1) is 18.8 Å². The summed E-state index contributed by atoms with van der Waals surface area (Å²) in [5.41, 5.74) is 1.54. The number of aliphatic hydroxyl groups is 1. The molecule has 1 aliphatic heterocycles. The molecule has 2 aliphatic rings. The normalized spacial score (nSPS) is 26.9. The van der Waals surface area contributed by atoms with E-state index in [4.69, 9.17) is 4.42 Å². The number of oxazole rings is 1. The minimum atomic E-state index is -0.474. The van der Waals surface area contributed by atoms with Crippen LogP contribution in [0.2, 0.25) is 0 Å². The first-order valence-corrected chi connectivity index (χ1v) is 9.30. The number of rotatable bonds is 4. The summed E-state index contributed by atoms with van der Waals surface area (Å²) in [6.45, 7) is 3.78. The van der Waals surface area contributed by atoms with E-state index in [1.807, 2.05) is 37.3 Å². The van der Waals surface area contributed by atoms with Crippen molar-refractivity contribution >= 4 is 18.3 Å². The van der Waals surface area contributed by atoms with Gasteiger partial charge in [-0.05, 0) is 56.8 Å². The van der Waals surface area contributed by atoms with Crippen molar-refractivity contribution in [2.75, 3.05) is 13.1 Å². The number of nitrogens with one attached hydrogen (secondary N) is 2. The average molecular weight is 392 g/mol. The van der Waals surface area contributed by atoms with Gasteiger partial charge in [0.2, 0.25) is 11.8 Å². The summed E-state index contributed by atoms with van der Waals surface area (Å²) >= 11 is 0. The van der Waals surface area contributed by atoms with Crippen molar-refractivity contribution in [3.63, 3.8) is 0 Å². The number of hydrogen-bond acceptors (Lipinski definition) is 5. The number of fused-ring (bicyclic) bond motifs is 1. The Hall–Kier alpha value is -1.89. The Labute approximate surface area is 165 Å². The summed E-state index contributed by atoms with van der Waals surface area (Å²) in [6, 6.07) is 9.48. The van der Waals surface area contributed by atoms with E-state index in [0.29, 0.717) is 29.2 Å². The van der Waals surface area contributed by atoms with Gasteiger partial charge >= 0.3 is 0 Å². The number of hydrogen-bond donors (Lipinski definition) is 3. The van der Waals surface area contributed by atoms with Crippen LogP contribution in [0.15, 0.2) is 34.7 Å². The predicted octanol–water partition coefficient (Wildman–Crippen LogP) is 2.09. The van der Waals surface area contributed by atoms with E-state index in [0.717, 1.165) is 31.5 Å². The lowest BCUT2D eigenvalue weighted by atomic mass is 9.77. The fraction of sp³-hybridized carbons (Fsp3) is 0.500. The number of carbonyl (C=O) groups is 1. The minimum Gasteiger partial charge on any atom is -0.441 e. The zero-order valence-corrected chi connectivity index (χ0v) is 16.2. The SMILES string of the molecule is Cc1oc(-c2ccccc2)nc1CC(=O)N[C@H]1C[C@H]2CNC[C@H]2C[C@@H]1O.Cl. The summed E-state index contributed by atoms with van der Waals surface area (Å²) < 4.78 is 5.72. The summed E-state index contributed by atoms with van der Waals surface area (Å²) in [4.78, 5) is 17.0. The van der Waals surface area contributed by atoms with Crippen molar-refractivity contribution < 1.29 is 14.3 Å². The van der Waals surface area contributed by atoms with E-state index in [1.54, 1.807) is 0 Å². The van der Waals surface area contributed by atoms with Crippen molar-refractivity contribution in [1.82, 2.24) is 15.6 Å². The van der Waals surface area contributed by atoms with Crippen LogP contribution in [0.4, 0.5) is 0 Å². The van der Waals surface area contributed by atoms with Gasteiger partial charge in [0.15, 0.2) is 0 Å². The van der Waals surface area contributed by atoms with Gasteiger partial charge < -0.3 is 20.2 Å². The molecule has 27 heavy (non-hydrogen) atoms. The van der Waals surface area contributed by atoms with E-state index in [9.17, 15) is 9.90 Å². The van der Waals surface area contributed by atoms with E-state index in [1.165, 1.54) is 0 Å². The minimum absolute atomic E-state index is 0. The molecule has 3 N–H and O–H groups in total. The van der Waals surface area contributed by atoms with Crippen LogP contribution in [0.1, 0.15) is 24.3 Å². The zero-order chi connectivity index (χ0) is 18.1. The molecule has 6 nitrogen and oxygen atoms in total. The third kappa shape index (κ3) is 4.34. The summed E-state index contributed by atoms with van der Waals surface area (Å²) in [7, 11) is 0. The third-order valence-electron chi connectivity index (χ3n) is 5.63. The Morgan fingerprint density at radius 1 is 1.26 bits per heavy atom. The van der Waals surface area contributed by atoms with E-state index >= 15 is 0 Å². The van der Waals surface area contributed by atoms with E-state index in [-0.39, 0.29) is 30.8 Å². The molecular formula is C20H26ClN3O3. The Morgan fingerprint density at radius 2 is 1.96 bits per heavy atom. The molecule has 0 unspecified atom stereocenters. The standard InChI is InChI=1S/C20H25N3O3.ClH/c1-12-16(23-20(26-12)13-5-3-2-4-6-13)9-19(25)22-17-7-14-10-21-11-15(14)8-18(17)24;/h2-6,14-15,17-18,21,24H,7-11H2,1H3,(H,22,25);1H/t14-,15+,17-,18-;/m0./s1. The fourth-order valence-electron chi connectivity index (χ4n) is 4.16. The summed E-state index contributed by atoms with van der Waals surface area (Å²) in [6.07, 6.45) is 1.28. The van der Waals surface area contributed by atoms with Crippen molar-refractivity contribution in [1.29, 1.82) is 0 Å². The number of aliphatic hydroxyl groups excluding tert-OH is 1. The molecule has 2 aromatic rings. The summed E-state index contributed by atoms with van der Waals surface area (Å²) in [5.74, 6) is 2.15. The van der Waals surface area contributed by atoms with Gasteiger partial charge in [0, 0.05) is 5.56 Å². The number of nitrogens with zero attached hydrogens (tertiary/aromatic N) is 1. The number of halogens is 1. The molecule has 0 bridgehead atoms. The van der Waals surface area contributed by atoms with Crippen LogP contribution in [0.3, 0.4) is 0 Å². The van der Waals surface area contributed by atoms with Crippen LogP contribution in [0.5, 0.6) is 0 Å². The first-order valence-electron chi connectivity index (χ1n) is 9.30.